The van der Waals surface area contributed by atoms with Crippen LogP contribution in [0.15, 0.2) is 57.2 Å². The van der Waals surface area contributed by atoms with E-state index in [9.17, 15) is 5.53 Å². The van der Waals surface area contributed by atoms with Gasteiger partial charge in [-0.15, -0.1) is 0 Å². The van der Waals surface area contributed by atoms with Crippen LogP contribution in [0.25, 0.3) is 10.4 Å². The summed E-state index contributed by atoms with van der Waals surface area (Å²) in [6, 6.07) is 10.8. The average molecular weight is 528 g/mol. The Balaban J connectivity index is 1.61. The zero-order valence-electron chi connectivity index (χ0n) is 16.5. The van der Waals surface area contributed by atoms with Crippen molar-refractivity contribution in [1.29, 1.82) is 0 Å². The molecule has 0 saturated carbocycles. The van der Waals surface area contributed by atoms with E-state index in [1.54, 1.807) is 12.3 Å². The Morgan fingerprint density at radius 1 is 1.35 bits per heavy atom. The largest absolute Gasteiger partial charge is 0.374 e. The Labute approximate surface area is 197 Å². The van der Waals surface area contributed by atoms with Crippen molar-refractivity contribution in [3.8, 4) is 0 Å². The first-order chi connectivity index (χ1) is 15.1. The van der Waals surface area contributed by atoms with Gasteiger partial charge in [-0.1, -0.05) is 58.8 Å². The molecule has 2 aromatic rings. The van der Waals surface area contributed by atoms with E-state index in [2.05, 4.69) is 30.9 Å². The van der Waals surface area contributed by atoms with Crippen molar-refractivity contribution in [2.75, 3.05) is 13.2 Å². The maximum absolute atomic E-state index is 9.27. The minimum absolute atomic E-state index is 0.298. The molecule has 2 fully saturated rings. The first-order valence-corrected chi connectivity index (χ1v) is 11.8. The van der Waals surface area contributed by atoms with Crippen LogP contribution in [0.3, 0.4) is 0 Å². The van der Waals surface area contributed by atoms with E-state index >= 15 is 0 Å². The van der Waals surface area contributed by atoms with Crippen LogP contribution in [0.4, 0.5) is 0 Å². The van der Waals surface area contributed by atoms with E-state index in [-0.39, 0.29) is 0 Å². The Morgan fingerprint density at radius 3 is 2.90 bits per heavy atom. The molecule has 11 heteroatoms. The van der Waals surface area contributed by atoms with Gasteiger partial charge in [-0.05, 0) is 34.5 Å². The summed E-state index contributed by atoms with van der Waals surface area (Å²) in [5, 5.41) is 4.56. The lowest BCUT2D eigenvalue weighted by molar-refractivity contribution is -0.300. The van der Waals surface area contributed by atoms with Crippen molar-refractivity contribution in [2.45, 2.75) is 47.9 Å². The Kier molecular flexibility index (Phi) is 7.73. The van der Waals surface area contributed by atoms with Crippen LogP contribution in [-0.2, 0) is 18.9 Å². The molecule has 2 saturated heterocycles. The second-order valence-corrected chi connectivity index (χ2v) is 9.22. The van der Waals surface area contributed by atoms with Gasteiger partial charge in [0.1, 0.15) is 28.4 Å². The highest BCUT2D eigenvalue weighted by Gasteiger charge is 2.50. The lowest BCUT2D eigenvalue weighted by atomic mass is 9.96. The molecule has 2 aliphatic rings. The predicted octanol–water partition coefficient (Wildman–Crippen LogP) is 5.51. The van der Waals surface area contributed by atoms with Crippen molar-refractivity contribution in [1.82, 2.24) is 4.98 Å². The molecule has 3 heterocycles. The summed E-state index contributed by atoms with van der Waals surface area (Å²) < 4.78 is 25.1. The van der Waals surface area contributed by atoms with Gasteiger partial charge in [-0.2, -0.15) is 0 Å². The number of halogens is 2. The highest BCUT2D eigenvalue weighted by molar-refractivity contribution is 9.10. The quantitative estimate of drug-likeness (QED) is 0.212. The van der Waals surface area contributed by atoms with Crippen LogP contribution < -0.4 is 0 Å². The summed E-state index contributed by atoms with van der Waals surface area (Å²) in [6.07, 6.45) is -0.476. The molecule has 0 spiro atoms. The van der Waals surface area contributed by atoms with Gasteiger partial charge >= 0.3 is 0 Å². The smallest absolute Gasteiger partial charge is 0.184 e. The zero-order chi connectivity index (χ0) is 21.8. The fraction of sp³-hybridized carbons (Fsp3) is 0.450. The molecule has 164 valence electrons. The Bertz CT molecular complexity index is 952. The van der Waals surface area contributed by atoms with Crippen molar-refractivity contribution >= 4 is 39.3 Å². The molecule has 0 aliphatic carbocycles. The van der Waals surface area contributed by atoms with Crippen LogP contribution in [0, 0.1) is 0 Å². The molecule has 0 N–H and O–H groups in total. The molecule has 0 amide bonds. The molecule has 8 nitrogen and oxygen atoms in total. The van der Waals surface area contributed by atoms with Gasteiger partial charge in [0.15, 0.2) is 6.29 Å². The summed E-state index contributed by atoms with van der Waals surface area (Å²) in [7, 11) is 0. The normalized spacial score (nSPS) is 30.3. The van der Waals surface area contributed by atoms with Crippen LogP contribution in [0.1, 0.15) is 18.8 Å². The zero-order valence-corrected chi connectivity index (χ0v) is 19.7. The Morgan fingerprint density at radius 2 is 2.16 bits per heavy atom. The van der Waals surface area contributed by atoms with Gasteiger partial charge in [-0.25, -0.2) is 4.98 Å². The fourth-order valence-electron chi connectivity index (χ4n) is 3.61. The first-order valence-electron chi connectivity index (χ1n) is 9.71. The number of nitrogens with zero attached hydrogens (tertiary/aromatic N) is 4. The molecular weight excluding hydrogens is 508 g/mol. The molecule has 4 rings (SSSR count). The second kappa shape index (κ2) is 10.5. The van der Waals surface area contributed by atoms with Gasteiger partial charge < -0.3 is 18.9 Å². The standard InChI is InChI=1S/C20H20BrClN4O4S/c1-2-27-17-15(25-26-23)16-13(10-28-19(30-16)11-6-4-3-5-7-11)29-20(17)31-14-8-12(22)9-24-18(14)21/h3-9,13,15-17,19-20H,2,10H2,1H3/t13?,15-,16-,17?,19?,20+/m0/s1. The van der Waals surface area contributed by atoms with Crippen LogP contribution in [-0.4, -0.2) is 48.0 Å². The molecule has 31 heavy (non-hydrogen) atoms. The molecular formula is C20H20BrClN4O4S. The lowest BCUT2D eigenvalue weighted by Crippen LogP contribution is -2.60. The number of thioether (sulfide) groups is 1. The third-order valence-corrected chi connectivity index (χ3v) is 7.22. The summed E-state index contributed by atoms with van der Waals surface area (Å²) in [4.78, 5) is 8.09. The van der Waals surface area contributed by atoms with Crippen LogP contribution in [0.5, 0.6) is 0 Å². The highest BCUT2D eigenvalue weighted by atomic mass is 79.9. The number of hydrogen-bond donors (Lipinski definition) is 0. The van der Waals surface area contributed by atoms with Crippen molar-refractivity contribution < 1.29 is 18.9 Å². The number of fused-ring (bicyclic) bond motifs is 1. The monoisotopic (exact) mass is 526 g/mol. The van der Waals surface area contributed by atoms with Crippen LogP contribution >= 0.6 is 39.3 Å². The minimum atomic E-state index is -0.595. The number of pyridine rings is 1. The minimum Gasteiger partial charge on any atom is -0.374 e. The van der Waals surface area contributed by atoms with E-state index in [1.807, 2.05) is 37.3 Å². The molecule has 6 atom stereocenters. The second-order valence-electron chi connectivity index (χ2n) is 6.90. The number of aromatic nitrogens is 1. The summed E-state index contributed by atoms with van der Waals surface area (Å²) in [6.45, 7) is 2.61. The fourth-order valence-corrected chi connectivity index (χ4v) is 5.50. The van der Waals surface area contributed by atoms with Gasteiger partial charge in [0, 0.05) is 28.2 Å². The van der Waals surface area contributed by atoms with E-state index in [1.165, 1.54) is 11.8 Å². The summed E-state index contributed by atoms with van der Waals surface area (Å²) in [5.74, 6) is 0. The number of hydrogen-bond acceptors (Lipinski definition) is 7. The lowest BCUT2D eigenvalue weighted by Gasteiger charge is -2.48. The maximum Gasteiger partial charge on any atom is 0.184 e. The van der Waals surface area contributed by atoms with Crippen molar-refractivity contribution in [3.05, 3.63) is 68.2 Å². The number of azide groups is 1. The van der Waals surface area contributed by atoms with Gasteiger partial charge in [0.25, 0.3) is 0 Å². The summed E-state index contributed by atoms with van der Waals surface area (Å²) in [5.41, 5.74) is 9.68. The van der Waals surface area contributed by atoms with Crippen molar-refractivity contribution in [2.24, 2.45) is 5.11 Å². The van der Waals surface area contributed by atoms with E-state index < -0.39 is 36.1 Å². The highest BCUT2D eigenvalue weighted by Crippen LogP contribution is 2.42. The van der Waals surface area contributed by atoms with Crippen LogP contribution in [0.2, 0.25) is 5.02 Å². The first kappa shape index (κ1) is 22.8. The Hall–Kier alpha value is -1.36. The molecule has 2 aliphatic heterocycles. The summed E-state index contributed by atoms with van der Waals surface area (Å²) >= 11 is 11.0. The van der Waals surface area contributed by atoms with Gasteiger partial charge in [-0.3, -0.25) is 0 Å². The van der Waals surface area contributed by atoms with E-state index in [4.69, 9.17) is 30.5 Å². The maximum atomic E-state index is 9.27. The van der Waals surface area contributed by atoms with E-state index in [0.717, 1.165) is 10.5 Å². The molecule has 3 unspecified atom stereocenters. The topological polar surface area (TPSA) is 98.6 Å². The molecule has 0 bridgehead atoms. The number of benzene rings is 1. The number of ether oxygens (including phenoxy) is 4. The molecule has 1 aromatic carbocycles. The SMILES string of the molecule is CCOC1[C@@H](Sc2cc(Cl)cnc2Br)OC2COC(c3ccccc3)O[C@@H]2[C@@H]1N=[N+]=[N-]. The third kappa shape index (κ3) is 5.18. The van der Waals surface area contributed by atoms with E-state index in [0.29, 0.717) is 22.8 Å². The predicted molar refractivity (Wildman–Crippen MR) is 120 cm³/mol. The third-order valence-electron chi connectivity index (χ3n) is 4.94. The van der Waals surface area contributed by atoms with Crippen molar-refractivity contribution in [3.63, 3.8) is 0 Å². The average Bonchev–Trinajstić information content (AvgIpc) is 2.79. The van der Waals surface area contributed by atoms with Gasteiger partial charge in [0.05, 0.1) is 17.7 Å². The molecule has 0 radical (unpaired) electrons. The van der Waals surface area contributed by atoms with Gasteiger partial charge in [0.2, 0.25) is 0 Å². The number of rotatable bonds is 6. The molecule has 1 aromatic heterocycles.